The number of aromatic nitrogens is 8. The Morgan fingerprint density at radius 3 is 2.92 bits per heavy atom. The molecule has 0 radical (unpaired) electrons. The Morgan fingerprint density at radius 2 is 2.08 bits per heavy atom. The Labute approximate surface area is 227 Å². The highest BCUT2D eigenvalue weighted by atomic mass is 32.7. The molecule has 2 N–H and O–H groups in total. The fourth-order valence-electron chi connectivity index (χ4n) is 4.26. The Bertz CT molecular complexity index is 1700. The van der Waals surface area contributed by atoms with E-state index in [2.05, 4.69) is 42.2 Å². The van der Waals surface area contributed by atoms with Gasteiger partial charge in [0, 0.05) is 6.54 Å². The number of thiol groups is 1. The van der Waals surface area contributed by atoms with Gasteiger partial charge in [0.1, 0.15) is 36.5 Å². The van der Waals surface area contributed by atoms with Crippen molar-refractivity contribution in [1.82, 2.24) is 39.0 Å². The van der Waals surface area contributed by atoms with Gasteiger partial charge >= 0.3 is 13.5 Å². The zero-order valence-electron chi connectivity index (χ0n) is 19.5. The molecule has 2 aliphatic rings. The maximum atomic E-state index is 15.7. The van der Waals surface area contributed by atoms with Gasteiger partial charge < -0.3 is 28.2 Å². The quantitative estimate of drug-likeness (QED) is 0.204. The number of nitrogens with one attached hydrogen (secondary N) is 1. The first-order valence-electron chi connectivity index (χ1n) is 11.2. The predicted octanol–water partition coefficient (Wildman–Crippen LogP) is 1.40. The first-order chi connectivity index (χ1) is 18.6. The van der Waals surface area contributed by atoms with Gasteiger partial charge in [-0.3, -0.25) is 18.4 Å². The molecule has 39 heavy (non-hydrogen) atoms. The average Bonchev–Trinajstić information content (AvgIpc) is 3.56. The highest BCUT2D eigenvalue weighted by Gasteiger charge is 2.51. The number of fused-ring (bicyclic) bond motifs is 6. The lowest BCUT2D eigenvalue weighted by molar-refractivity contribution is -0.0453. The van der Waals surface area contributed by atoms with Crippen LogP contribution in [0.25, 0.3) is 22.3 Å². The fraction of sp³-hybridized carbons (Fsp3) is 0.444. The predicted molar refractivity (Wildman–Crippen MR) is 137 cm³/mol. The lowest BCUT2D eigenvalue weighted by Crippen LogP contribution is -2.32. The summed E-state index contributed by atoms with van der Waals surface area (Å²) in [6, 6.07) is 0. The number of hydrogen-bond acceptors (Lipinski definition) is 13. The SMILES string of the molecule is O=c1[nH]cnc2c1ncn2[C@H]1O[C@@H]2COP(O)(=S)OCCn3c(nc4cncnc43)COP(=O)(S)O[C@@H]1[C@@H]2F. The van der Waals surface area contributed by atoms with Crippen molar-refractivity contribution >= 4 is 59.9 Å². The molecule has 2 unspecified atom stereocenters. The van der Waals surface area contributed by atoms with Crippen LogP contribution in [0.3, 0.4) is 0 Å². The molecule has 1 fully saturated rings. The van der Waals surface area contributed by atoms with E-state index in [0.717, 1.165) is 6.33 Å². The number of hydrogen-bond donors (Lipinski definition) is 3. The summed E-state index contributed by atoms with van der Waals surface area (Å²) in [5.41, 5.74) is 0.320. The van der Waals surface area contributed by atoms with Crippen LogP contribution >= 0.6 is 25.8 Å². The molecule has 4 aromatic heterocycles. The van der Waals surface area contributed by atoms with Gasteiger partial charge in [-0.1, -0.05) is 12.2 Å². The van der Waals surface area contributed by atoms with Crippen LogP contribution in [-0.2, 0) is 52.4 Å². The zero-order valence-corrected chi connectivity index (χ0v) is 23.0. The Morgan fingerprint density at radius 1 is 1.23 bits per heavy atom. The van der Waals surface area contributed by atoms with Crippen molar-refractivity contribution in [3.63, 3.8) is 0 Å². The number of imidazole rings is 2. The normalized spacial score (nSPS) is 32.6. The largest absolute Gasteiger partial charge is 0.387 e. The van der Waals surface area contributed by atoms with Crippen molar-refractivity contribution in [3.05, 3.63) is 41.4 Å². The second-order valence-electron chi connectivity index (χ2n) is 8.39. The molecule has 0 amide bonds. The monoisotopic (exact) mass is 620 g/mol. The van der Waals surface area contributed by atoms with Gasteiger partial charge in [0.15, 0.2) is 29.2 Å². The van der Waals surface area contributed by atoms with E-state index in [0.29, 0.717) is 11.2 Å². The van der Waals surface area contributed by atoms with Crippen molar-refractivity contribution in [2.75, 3.05) is 13.2 Å². The topological polar surface area (TPSA) is 191 Å². The number of aromatic amines is 1. The highest BCUT2D eigenvalue weighted by molar-refractivity contribution is 8.44. The third-order valence-electron chi connectivity index (χ3n) is 5.98. The molecule has 21 heteroatoms. The number of H-pyrrole nitrogens is 1. The number of ether oxygens (including phenoxy) is 1. The number of rotatable bonds is 1. The second-order valence-corrected chi connectivity index (χ2v) is 14.1. The van der Waals surface area contributed by atoms with Crippen LogP contribution in [0.4, 0.5) is 4.39 Å². The molecule has 2 aliphatic heterocycles. The molecular weight excluding hydrogens is 601 g/mol. The molecule has 6 atom stereocenters. The van der Waals surface area contributed by atoms with Gasteiger partial charge in [-0.15, -0.1) is 0 Å². The van der Waals surface area contributed by atoms with Crippen molar-refractivity contribution in [1.29, 1.82) is 0 Å². The minimum absolute atomic E-state index is 0.0383. The molecule has 1 saturated heterocycles. The summed E-state index contributed by atoms with van der Waals surface area (Å²) < 4.78 is 59.6. The number of alkyl halides is 1. The van der Waals surface area contributed by atoms with Crippen LogP contribution in [0.5, 0.6) is 0 Å². The lowest BCUT2D eigenvalue weighted by atomic mass is 10.1. The molecule has 16 nitrogen and oxygen atoms in total. The van der Waals surface area contributed by atoms with Crippen molar-refractivity contribution in [2.45, 2.75) is 37.8 Å². The lowest BCUT2D eigenvalue weighted by Gasteiger charge is -2.23. The van der Waals surface area contributed by atoms with Crippen LogP contribution in [0.2, 0.25) is 0 Å². The van der Waals surface area contributed by atoms with Gasteiger partial charge in [0.25, 0.3) is 5.56 Å². The van der Waals surface area contributed by atoms with Gasteiger partial charge in [0.05, 0.1) is 32.1 Å². The van der Waals surface area contributed by atoms with E-state index >= 15 is 4.39 Å². The molecule has 4 aromatic rings. The number of halogens is 1. The first kappa shape index (κ1) is 27.0. The van der Waals surface area contributed by atoms with Crippen molar-refractivity contribution in [2.24, 2.45) is 0 Å². The third kappa shape index (κ3) is 5.31. The van der Waals surface area contributed by atoms with E-state index in [1.165, 1.54) is 23.4 Å². The van der Waals surface area contributed by atoms with Crippen molar-refractivity contribution < 1.29 is 36.7 Å². The highest BCUT2D eigenvalue weighted by Crippen LogP contribution is 2.57. The average molecular weight is 620 g/mol. The fourth-order valence-corrected chi connectivity index (χ4v) is 6.76. The molecule has 6 rings (SSSR count). The summed E-state index contributed by atoms with van der Waals surface area (Å²) in [6.45, 7) is -9.01. The van der Waals surface area contributed by atoms with E-state index in [1.807, 2.05) is 0 Å². The summed E-state index contributed by atoms with van der Waals surface area (Å²) in [6.07, 6.45) is -1.11. The summed E-state index contributed by atoms with van der Waals surface area (Å²) in [5.74, 6) is 0.256. The summed E-state index contributed by atoms with van der Waals surface area (Å²) in [5, 5.41) is 0. The van der Waals surface area contributed by atoms with Gasteiger partial charge in [-0.05, 0) is 11.8 Å². The standard InChI is InChI=1S/C18H19FN8O8P2S2/c19-12-10-4-32-36(29,38)31-2-1-26-11(25-9-3-20-6-21-15(9)26)5-33-37(30,39)35-14(12)18(34-10)27-8-24-13-16(27)22-7-23-17(13)28/h3,6-8,10,12,14,18H,1-2,4-5H2,(H,29,38)(H,30,39)(H,22,23,28)/t10-,12-,14-,18+,36?,37?/m1/s1. The van der Waals surface area contributed by atoms with Gasteiger partial charge in [-0.25, -0.2) is 33.9 Å². The molecule has 0 saturated carbocycles. The van der Waals surface area contributed by atoms with Crippen LogP contribution in [-0.4, -0.2) is 75.5 Å². The molecule has 0 aliphatic carbocycles. The third-order valence-corrected chi connectivity index (χ3v) is 9.19. The molecule has 6 heterocycles. The maximum Gasteiger partial charge on any atom is 0.387 e. The first-order valence-corrected chi connectivity index (χ1v) is 16.5. The molecule has 0 aromatic carbocycles. The zero-order chi connectivity index (χ0) is 27.4. The van der Waals surface area contributed by atoms with Gasteiger partial charge in [0.2, 0.25) is 0 Å². The van der Waals surface area contributed by atoms with E-state index in [9.17, 15) is 14.3 Å². The van der Waals surface area contributed by atoms with Crippen LogP contribution < -0.4 is 5.56 Å². The van der Waals surface area contributed by atoms with E-state index in [4.69, 9.17) is 34.6 Å². The second kappa shape index (κ2) is 10.3. The van der Waals surface area contributed by atoms with E-state index in [-0.39, 0.29) is 36.7 Å². The number of nitrogens with zero attached hydrogens (tertiary/aromatic N) is 7. The van der Waals surface area contributed by atoms with Crippen LogP contribution in [0.15, 0.2) is 30.0 Å². The Kier molecular flexibility index (Phi) is 7.16. The smallest absolute Gasteiger partial charge is 0.346 e. The summed E-state index contributed by atoms with van der Waals surface area (Å²) in [4.78, 5) is 45.7. The van der Waals surface area contributed by atoms with Gasteiger partial charge in [-0.2, -0.15) is 0 Å². The Hall–Kier alpha value is -2.18. The molecular formula is C18H19FN8O8P2S2. The maximum absolute atomic E-state index is 15.7. The van der Waals surface area contributed by atoms with Crippen molar-refractivity contribution in [3.8, 4) is 0 Å². The molecule has 0 spiro atoms. The van der Waals surface area contributed by atoms with E-state index < -0.39 is 50.3 Å². The molecule has 2 bridgehead atoms. The van der Waals surface area contributed by atoms with Crippen LogP contribution in [0.1, 0.15) is 12.1 Å². The Balaban J connectivity index is 1.37. The minimum Gasteiger partial charge on any atom is -0.346 e. The summed E-state index contributed by atoms with van der Waals surface area (Å²) >= 11 is 9.13. The van der Waals surface area contributed by atoms with Crippen LogP contribution in [0, 0.1) is 0 Å². The van der Waals surface area contributed by atoms with E-state index in [1.54, 1.807) is 4.57 Å². The molecule has 208 valence electrons. The summed E-state index contributed by atoms with van der Waals surface area (Å²) in [7, 11) is 0. The minimum atomic E-state index is -4.26.